The second-order valence-corrected chi connectivity index (χ2v) is 11.8. The lowest BCUT2D eigenvalue weighted by Gasteiger charge is -2.13. The van der Waals surface area contributed by atoms with Gasteiger partial charge in [0.15, 0.2) is 5.69 Å². The molecule has 0 unspecified atom stereocenters. The molecule has 10 heteroatoms. The van der Waals surface area contributed by atoms with Crippen LogP contribution in [-0.4, -0.2) is 24.1 Å². The predicted octanol–water partition coefficient (Wildman–Crippen LogP) is 7.22. The Bertz CT molecular complexity index is 1650. The van der Waals surface area contributed by atoms with E-state index in [1.54, 1.807) is 41.1 Å². The maximum absolute atomic E-state index is 13.4. The molecule has 1 aliphatic rings. The number of fused-ring (bicyclic) bond motifs is 1. The molecular formula is C28H22Cl3N3O3S. The van der Waals surface area contributed by atoms with Crippen molar-refractivity contribution in [3.05, 3.63) is 110 Å². The molecule has 0 fully saturated rings. The molecule has 0 bridgehead atoms. The van der Waals surface area contributed by atoms with E-state index in [-0.39, 0.29) is 10.6 Å². The largest absolute Gasteiger partial charge is 0.285 e. The highest BCUT2D eigenvalue weighted by Gasteiger charge is 2.30. The minimum atomic E-state index is -4.10. The first kappa shape index (κ1) is 26.5. The molecule has 0 saturated heterocycles. The zero-order valence-corrected chi connectivity index (χ0v) is 23.1. The van der Waals surface area contributed by atoms with Gasteiger partial charge < -0.3 is 0 Å². The maximum Gasteiger partial charge on any atom is 0.285 e. The van der Waals surface area contributed by atoms with Gasteiger partial charge in [0.1, 0.15) is 0 Å². The number of benzene rings is 3. The van der Waals surface area contributed by atoms with E-state index in [0.717, 1.165) is 30.4 Å². The number of nitrogens with zero attached hydrogens (tertiary/aromatic N) is 2. The third kappa shape index (κ3) is 5.52. The number of allylic oxidation sites excluding steroid dienone is 1. The topological polar surface area (TPSA) is 81.1 Å². The summed E-state index contributed by atoms with van der Waals surface area (Å²) in [7, 11) is -4.10. The van der Waals surface area contributed by atoms with E-state index in [9.17, 15) is 13.2 Å². The number of halogens is 3. The van der Waals surface area contributed by atoms with Gasteiger partial charge in [0.25, 0.3) is 15.9 Å². The van der Waals surface area contributed by atoms with Gasteiger partial charge in [-0.25, -0.2) is 17.8 Å². The normalized spacial score (nSPS) is 14.7. The van der Waals surface area contributed by atoms with Gasteiger partial charge >= 0.3 is 0 Å². The first-order valence-electron chi connectivity index (χ1n) is 11.9. The number of aromatic nitrogens is 2. The highest BCUT2D eigenvalue weighted by atomic mass is 35.5. The number of sulfonamides is 1. The minimum Gasteiger partial charge on any atom is -0.266 e. The summed E-state index contributed by atoms with van der Waals surface area (Å²) < 4.78 is 29.7. The molecule has 0 atom stereocenters. The van der Waals surface area contributed by atoms with Crippen LogP contribution in [0.2, 0.25) is 15.1 Å². The molecule has 1 heterocycles. The van der Waals surface area contributed by atoms with Crippen LogP contribution < -0.4 is 4.72 Å². The summed E-state index contributed by atoms with van der Waals surface area (Å²) in [6.45, 7) is 0. The van der Waals surface area contributed by atoms with Crippen LogP contribution in [0.3, 0.4) is 0 Å². The zero-order chi connectivity index (χ0) is 26.9. The summed E-state index contributed by atoms with van der Waals surface area (Å²) in [5, 5.41) is 6.07. The van der Waals surface area contributed by atoms with Crippen LogP contribution in [0, 0.1) is 0 Å². The fourth-order valence-electron chi connectivity index (χ4n) is 4.49. The first-order valence-corrected chi connectivity index (χ1v) is 14.5. The lowest BCUT2D eigenvalue weighted by atomic mass is 10.0. The lowest BCUT2D eigenvalue weighted by Crippen LogP contribution is -2.31. The number of hydrogen-bond acceptors (Lipinski definition) is 4. The highest BCUT2D eigenvalue weighted by molar-refractivity contribution is 7.90. The summed E-state index contributed by atoms with van der Waals surface area (Å²) in [6.07, 6.45) is 5.00. The highest BCUT2D eigenvalue weighted by Crippen LogP contribution is 2.37. The monoisotopic (exact) mass is 585 g/mol. The molecule has 5 rings (SSSR count). The minimum absolute atomic E-state index is 0.0112. The van der Waals surface area contributed by atoms with Gasteiger partial charge in [0.2, 0.25) is 0 Å². The van der Waals surface area contributed by atoms with E-state index < -0.39 is 15.9 Å². The van der Waals surface area contributed by atoms with Gasteiger partial charge in [-0.1, -0.05) is 65.1 Å². The van der Waals surface area contributed by atoms with Crippen molar-refractivity contribution in [2.24, 2.45) is 0 Å². The second-order valence-electron chi connectivity index (χ2n) is 8.86. The van der Waals surface area contributed by atoms with Crippen molar-refractivity contribution in [1.82, 2.24) is 14.5 Å². The van der Waals surface area contributed by atoms with Gasteiger partial charge in [-0.3, -0.25) is 4.79 Å². The van der Waals surface area contributed by atoms with Crippen LogP contribution in [0.5, 0.6) is 0 Å². The Morgan fingerprint density at radius 1 is 0.895 bits per heavy atom. The number of nitrogens with one attached hydrogen (secondary N) is 1. The van der Waals surface area contributed by atoms with E-state index in [0.29, 0.717) is 38.4 Å². The second kappa shape index (κ2) is 10.9. The first-order chi connectivity index (χ1) is 18.2. The Kier molecular flexibility index (Phi) is 7.63. The van der Waals surface area contributed by atoms with Crippen LogP contribution in [-0.2, 0) is 16.4 Å². The van der Waals surface area contributed by atoms with E-state index in [2.05, 4.69) is 9.82 Å². The SMILES string of the molecule is O=C(NS(=O)(=O)c1ccccc1)c1nn(-c2ccc(Cl)cc2Cl)c2c1CCCCC2=Cc1ccc(Cl)cc1. The number of hydrogen-bond donors (Lipinski definition) is 1. The van der Waals surface area contributed by atoms with E-state index in [1.165, 1.54) is 12.1 Å². The molecule has 1 aromatic heterocycles. The summed E-state index contributed by atoms with van der Waals surface area (Å²) in [6, 6.07) is 20.2. The Hall–Kier alpha value is -3.10. The van der Waals surface area contributed by atoms with E-state index in [1.807, 2.05) is 30.3 Å². The molecule has 0 radical (unpaired) electrons. The zero-order valence-electron chi connectivity index (χ0n) is 20.0. The molecule has 0 saturated carbocycles. The summed E-state index contributed by atoms with van der Waals surface area (Å²) in [5.74, 6) is -0.804. The molecule has 38 heavy (non-hydrogen) atoms. The standard InChI is InChI=1S/C28H22Cl3N3O3S/c29-20-12-10-18(11-13-20)16-19-6-4-5-9-23-26(28(35)33-38(36,37)22-7-2-1-3-8-22)32-34(27(19)23)25-15-14-21(30)17-24(25)31/h1-3,7-8,10-17H,4-6,9H2,(H,33,35). The molecule has 1 amide bonds. The summed E-state index contributed by atoms with van der Waals surface area (Å²) in [4.78, 5) is 13.4. The molecule has 6 nitrogen and oxygen atoms in total. The molecule has 3 aromatic carbocycles. The number of carbonyl (C=O) groups is 1. The van der Waals surface area contributed by atoms with Crippen molar-refractivity contribution in [2.45, 2.75) is 30.6 Å². The van der Waals surface area contributed by atoms with E-state index >= 15 is 0 Å². The van der Waals surface area contributed by atoms with Gasteiger partial charge in [0.05, 0.1) is 21.3 Å². The van der Waals surface area contributed by atoms with Crippen molar-refractivity contribution in [2.75, 3.05) is 0 Å². The quantitative estimate of drug-likeness (QED) is 0.250. The summed E-state index contributed by atoms with van der Waals surface area (Å²) in [5.41, 5.74) is 3.82. The maximum atomic E-state index is 13.4. The molecule has 4 aromatic rings. The number of amides is 1. The molecule has 0 spiro atoms. The van der Waals surface area contributed by atoms with Crippen molar-refractivity contribution in [1.29, 1.82) is 0 Å². The van der Waals surface area contributed by atoms with Crippen LogP contribution in [0.15, 0.2) is 77.7 Å². The van der Waals surface area contributed by atoms with Crippen LogP contribution in [0.1, 0.15) is 46.6 Å². The Labute approximate surface area is 235 Å². The molecule has 0 aliphatic heterocycles. The number of rotatable bonds is 5. The van der Waals surface area contributed by atoms with Crippen LogP contribution in [0.4, 0.5) is 0 Å². The van der Waals surface area contributed by atoms with E-state index in [4.69, 9.17) is 34.8 Å². The van der Waals surface area contributed by atoms with Crippen molar-refractivity contribution >= 4 is 62.4 Å². The fourth-order valence-corrected chi connectivity index (χ4v) is 6.08. The van der Waals surface area contributed by atoms with Crippen LogP contribution >= 0.6 is 34.8 Å². The molecule has 1 aliphatic carbocycles. The molecular weight excluding hydrogens is 565 g/mol. The molecule has 194 valence electrons. The Balaban J connectivity index is 1.67. The third-order valence-corrected chi connectivity index (χ3v) is 8.39. The van der Waals surface area contributed by atoms with Crippen LogP contribution in [0.25, 0.3) is 17.3 Å². The third-order valence-electron chi connectivity index (χ3n) is 6.26. The summed E-state index contributed by atoms with van der Waals surface area (Å²) >= 11 is 18.8. The average Bonchev–Trinajstić information content (AvgIpc) is 3.14. The van der Waals surface area contributed by atoms with Crippen molar-refractivity contribution in [3.63, 3.8) is 0 Å². The smallest absolute Gasteiger partial charge is 0.266 e. The van der Waals surface area contributed by atoms with Gasteiger partial charge in [-0.2, -0.15) is 5.10 Å². The Morgan fingerprint density at radius 2 is 1.58 bits per heavy atom. The Morgan fingerprint density at radius 3 is 2.29 bits per heavy atom. The van der Waals surface area contributed by atoms with Gasteiger partial charge in [-0.15, -0.1) is 0 Å². The predicted molar refractivity (Wildman–Crippen MR) is 152 cm³/mol. The van der Waals surface area contributed by atoms with Crippen molar-refractivity contribution < 1.29 is 13.2 Å². The fraction of sp³-hybridized carbons (Fsp3) is 0.143. The average molecular weight is 587 g/mol. The van der Waals surface area contributed by atoms with Gasteiger partial charge in [0, 0.05) is 15.6 Å². The molecule has 1 N–H and O–H groups in total. The van der Waals surface area contributed by atoms with Crippen molar-refractivity contribution in [3.8, 4) is 5.69 Å². The van der Waals surface area contributed by atoms with Gasteiger partial charge in [-0.05, 0) is 85.4 Å². The lowest BCUT2D eigenvalue weighted by molar-refractivity contribution is 0.0975. The number of carbonyl (C=O) groups excluding carboxylic acids is 1.